The third-order valence-electron chi connectivity index (χ3n) is 6.42. The molecule has 0 saturated heterocycles. The van der Waals surface area contributed by atoms with Crippen molar-refractivity contribution in [1.82, 2.24) is 0 Å². The highest BCUT2D eigenvalue weighted by Crippen LogP contribution is 2.38. The molecule has 190 valence electrons. The van der Waals surface area contributed by atoms with Gasteiger partial charge in [-0.1, -0.05) is 50.2 Å². The normalized spacial score (nSPS) is 13.7. The highest BCUT2D eigenvalue weighted by atomic mass is 19.1. The SMILES string of the molecule is CC(C)c1ccc(N2C(=O)C(=NNc3cccc(-c4cccc(C(=O)O)c4)c3O)c3ccc(F)cc32)cc1. The average Bonchev–Trinajstić information content (AvgIpc) is 3.18. The predicted octanol–water partition coefficient (Wildman–Crippen LogP) is 6.51. The Kier molecular flexibility index (Phi) is 6.38. The molecule has 4 aromatic carbocycles. The number of hydrogen-bond acceptors (Lipinski definition) is 5. The quantitative estimate of drug-likeness (QED) is 0.203. The maximum Gasteiger partial charge on any atom is 0.335 e. The van der Waals surface area contributed by atoms with Crippen LogP contribution in [0.2, 0.25) is 0 Å². The topological polar surface area (TPSA) is 102 Å². The van der Waals surface area contributed by atoms with Crippen LogP contribution in [0.3, 0.4) is 0 Å². The van der Waals surface area contributed by atoms with Crippen molar-refractivity contribution in [2.24, 2.45) is 5.10 Å². The summed E-state index contributed by atoms with van der Waals surface area (Å²) in [6.07, 6.45) is 0. The number of carbonyl (C=O) groups is 2. The number of hydrogen-bond donors (Lipinski definition) is 3. The number of aromatic carboxylic acids is 1. The van der Waals surface area contributed by atoms with E-state index in [1.807, 2.05) is 24.3 Å². The first-order valence-corrected chi connectivity index (χ1v) is 12.0. The second kappa shape index (κ2) is 9.82. The molecule has 0 radical (unpaired) electrons. The van der Waals surface area contributed by atoms with Crippen molar-refractivity contribution >= 4 is 34.7 Å². The summed E-state index contributed by atoms with van der Waals surface area (Å²) in [6, 6.07) is 22.7. The number of halogens is 1. The fourth-order valence-electron chi connectivity index (χ4n) is 4.40. The molecule has 0 unspecified atom stereocenters. The van der Waals surface area contributed by atoms with E-state index in [-0.39, 0.29) is 22.7 Å². The van der Waals surface area contributed by atoms with Crippen LogP contribution in [-0.4, -0.2) is 27.8 Å². The van der Waals surface area contributed by atoms with Gasteiger partial charge in [0.2, 0.25) is 0 Å². The van der Waals surface area contributed by atoms with Gasteiger partial charge in [0.1, 0.15) is 11.6 Å². The van der Waals surface area contributed by atoms with Gasteiger partial charge in [0.15, 0.2) is 5.71 Å². The molecule has 8 heteroatoms. The minimum atomic E-state index is -1.08. The zero-order valence-corrected chi connectivity index (χ0v) is 20.6. The number of fused-ring (bicyclic) bond motifs is 1. The number of benzene rings is 4. The first kappa shape index (κ1) is 24.7. The number of nitrogens with zero attached hydrogens (tertiary/aromatic N) is 2. The van der Waals surface area contributed by atoms with Crippen molar-refractivity contribution in [3.05, 3.63) is 107 Å². The summed E-state index contributed by atoms with van der Waals surface area (Å²) in [5.41, 5.74) is 6.54. The summed E-state index contributed by atoms with van der Waals surface area (Å²) < 4.78 is 14.2. The van der Waals surface area contributed by atoms with Gasteiger partial charge in [-0.05, 0) is 65.6 Å². The number of carbonyl (C=O) groups excluding carboxylic acids is 1. The molecule has 0 atom stereocenters. The van der Waals surface area contributed by atoms with Gasteiger partial charge in [0.05, 0.1) is 16.9 Å². The molecular formula is C30H24FN3O4. The molecule has 1 amide bonds. The van der Waals surface area contributed by atoms with E-state index in [0.29, 0.717) is 34.0 Å². The van der Waals surface area contributed by atoms with Crippen LogP contribution in [0, 0.1) is 5.82 Å². The van der Waals surface area contributed by atoms with Crippen molar-refractivity contribution in [2.45, 2.75) is 19.8 Å². The highest BCUT2D eigenvalue weighted by Gasteiger charge is 2.35. The van der Waals surface area contributed by atoms with Crippen LogP contribution in [0.25, 0.3) is 11.1 Å². The molecular weight excluding hydrogens is 485 g/mol. The molecule has 5 rings (SSSR count). The summed E-state index contributed by atoms with van der Waals surface area (Å²) in [5.74, 6) is -1.85. The van der Waals surface area contributed by atoms with Crippen LogP contribution in [0.1, 0.15) is 41.3 Å². The van der Waals surface area contributed by atoms with E-state index in [1.54, 1.807) is 30.3 Å². The summed E-state index contributed by atoms with van der Waals surface area (Å²) >= 11 is 0. The van der Waals surface area contributed by atoms with Gasteiger partial charge in [-0.25, -0.2) is 9.18 Å². The molecule has 4 aromatic rings. The number of carboxylic acids is 1. The maximum atomic E-state index is 14.2. The van der Waals surface area contributed by atoms with Crippen LogP contribution < -0.4 is 10.3 Å². The molecule has 1 heterocycles. The standard InChI is InChI=1S/C30H24FN3O4/c1-17(2)18-9-12-22(13-10-18)34-26-16-21(31)11-14-24(26)27(29(34)36)33-32-25-8-4-7-23(28(25)35)19-5-3-6-20(15-19)30(37)38/h3-17,32,35H,1-2H3,(H,37,38). The molecule has 7 nitrogen and oxygen atoms in total. The van der Waals surface area contributed by atoms with Gasteiger partial charge in [-0.15, -0.1) is 0 Å². The van der Waals surface area contributed by atoms with E-state index in [9.17, 15) is 24.2 Å². The van der Waals surface area contributed by atoms with Gasteiger partial charge in [-0.2, -0.15) is 5.10 Å². The molecule has 0 bridgehead atoms. The van der Waals surface area contributed by atoms with E-state index < -0.39 is 17.7 Å². The minimum absolute atomic E-state index is 0.0608. The number of nitrogens with one attached hydrogen (secondary N) is 1. The van der Waals surface area contributed by atoms with E-state index in [4.69, 9.17) is 0 Å². The van der Waals surface area contributed by atoms with Crippen molar-refractivity contribution in [2.75, 3.05) is 10.3 Å². The third kappa shape index (κ3) is 4.48. The molecule has 38 heavy (non-hydrogen) atoms. The predicted molar refractivity (Wildman–Crippen MR) is 145 cm³/mol. The smallest absolute Gasteiger partial charge is 0.335 e. The van der Waals surface area contributed by atoms with E-state index >= 15 is 0 Å². The number of hydrazone groups is 1. The second-order valence-electron chi connectivity index (χ2n) is 9.21. The largest absolute Gasteiger partial charge is 0.505 e. The Balaban J connectivity index is 1.50. The first-order valence-electron chi connectivity index (χ1n) is 12.0. The fourth-order valence-corrected chi connectivity index (χ4v) is 4.40. The van der Waals surface area contributed by atoms with Gasteiger partial charge < -0.3 is 10.2 Å². The Labute approximate surface area is 218 Å². The number of anilines is 3. The van der Waals surface area contributed by atoms with Crippen molar-refractivity contribution in [3.8, 4) is 16.9 Å². The summed E-state index contributed by atoms with van der Waals surface area (Å²) in [5, 5.41) is 24.5. The Bertz CT molecular complexity index is 1600. The molecule has 0 spiro atoms. The number of rotatable bonds is 6. The first-order chi connectivity index (χ1) is 18.2. The lowest BCUT2D eigenvalue weighted by atomic mass is 10.0. The van der Waals surface area contributed by atoms with Crippen LogP contribution in [0.4, 0.5) is 21.5 Å². The Morgan fingerprint density at radius 3 is 2.39 bits per heavy atom. The molecule has 0 fully saturated rings. The lowest BCUT2D eigenvalue weighted by Crippen LogP contribution is -2.26. The van der Waals surface area contributed by atoms with Gasteiger partial charge in [0, 0.05) is 16.8 Å². The van der Waals surface area contributed by atoms with Crippen molar-refractivity contribution in [3.63, 3.8) is 0 Å². The number of carboxylic acid groups (broad SMARTS) is 1. The Morgan fingerprint density at radius 2 is 1.68 bits per heavy atom. The van der Waals surface area contributed by atoms with Crippen LogP contribution in [0.15, 0.2) is 90.0 Å². The second-order valence-corrected chi connectivity index (χ2v) is 9.21. The Hall–Kier alpha value is -4.98. The van der Waals surface area contributed by atoms with Crippen LogP contribution in [0.5, 0.6) is 5.75 Å². The number of aromatic hydroxyl groups is 1. The van der Waals surface area contributed by atoms with Gasteiger partial charge in [0.25, 0.3) is 5.91 Å². The zero-order chi connectivity index (χ0) is 27.0. The van der Waals surface area contributed by atoms with E-state index in [0.717, 1.165) is 5.56 Å². The zero-order valence-electron chi connectivity index (χ0n) is 20.6. The van der Waals surface area contributed by atoms with Crippen LogP contribution in [-0.2, 0) is 4.79 Å². The molecule has 1 aliphatic heterocycles. The number of phenolic OH excluding ortho intramolecular Hbond substituents is 1. The average molecular weight is 510 g/mol. The number of phenols is 1. The van der Waals surface area contributed by atoms with E-state index in [1.165, 1.54) is 35.2 Å². The van der Waals surface area contributed by atoms with Crippen LogP contribution >= 0.6 is 0 Å². The fraction of sp³-hybridized carbons (Fsp3) is 0.100. The number of para-hydroxylation sites is 1. The van der Waals surface area contributed by atoms with E-state index in [2.05, 4.69) is 24.4 Å². The molecule has 1 aliphatic rings. The van der Waals surface area contributed by atoms with Gasteiger partial charge in [-0.3, -0.25) is 15.1 Å². The van der Waals surface area contributed by atoms with Crippen molar-refractivity contribution < 1.29 is 24.2 Å². The summed E-state index contributed by atoms with van der Waals surface area (Å²) in [4.78, 5) is 26.3. The number of amides is 1. The molecule has 0 saturated carbocycles. The highest BCUT2D eigenvalue weighted by molar-refractivity contribution is 6.55. The Morgan fingerprint density at radius 1 is 0.947 bits per heavy atom. The molecule has 3 N–H and O–H groups in total. The lowest BCUT2D eigenvalue weighted by Gasteiger charge is -2.18. The molecule has 0 aliphatic carbocycles. The molecule has 0 aromatic heterocycles. The summed E-state index contributed by atoms with van der Waals surface area (Å²) in [6.45, 7) is 4.15. The van der Waals surface area contributed by atoms with Gasteiger partial charge >= 0.3 is 5.97 Å². The lowest BCUT2D eigenvalue weighted by molar-refractivity contribution is -0.111. The third-order valence-corrected chi connectivity index (χ3v) is 6.42. The maximum absolute atomic E-state index is 14.2. The van der Waals surface area contributed by atoms with Crippen molar-refractivity contribution in [1.29, 1.82) is 0 Å². The summed E-state index contributed by atoms with van der Waals surface area (Å²) in [7, 11) is 0. The monoisotopic (exact) mass is 509 g/mol. The minimum Gasteiger partial charge on any atom is -0.505 e.